The monoisotopic (exact) mass is 228 g/mol. The van der Waals surface area contributed by atoms with E-state index < -0.39 is 0 Å². The van der Waals surface area contributed by atoms with Crippen molar-refractivity contribution in [3.05, 3.63) is 59.9 Å². The average molecular weight is 228 g/mol. The molecule has 86 valence electrons. The maximum absolute atomic E-state index is 11.8. The molecule has 0 fully saturated rings. The van der Waals surface area contributed by atoms with Crippen LogP contribution in [-0.2, 0) is 16.2 Å². The van der Waals surface area contributed by atoms with Crippen molar-refractivity contribution in [3.63, 3.8) is 0 Å². The lowest BCUT2D eigenvalue weighted by atomic mass is 10.2. The Morgan fingerprint density at radius 1 is 1.29 bits per heavy atom. The number of allylic oxidation sites excluding steroid dienone is 1. The van der Waals surface area contributed by atoms with E-state index in [4.69, 9.17) is 4.84 Å². The molecule has 1 aliphatic heterocycles. The van der Waals surface area contributed by atoms with Gasteiger partial charge in [-0.2, -0.15) is 0 Å². The minimum absolute atomic E-state index is 0.151. The lowest BCUT2D eigenvalue weighted by Crippen LogP contribution is -2.23. The number of rotatable bonds is 3. The Hall–Kier alpha value is -2.36. The molecule has 1 amide bonds. The van der Waals surface area contributed by atoms with E-state index in [1.54, 1.807) is 12.2 Å². The number of amides is 1. The van der Waals surface area contributed by atoms with Crippen LogP contribution in [0.3, 0.4) is 0 Å². The summed E-state index contributed by atoms with van der Waals surface area (Å²) in [6.45, 7) is 0.503. The Kier molecular flexibility index (Phi) is 3.70. The van der Waals surface area contributed by atoms with E-state index >= 15 is 0 Å². The third kappa shape index (κ3) is 3.31. The molecule has 0 spiro atoms. The van der Waals surface area contributed by atoms with Gasteiger partial charge in [-0.25, -0.2) is 0 Å². The average Bonchev–Trinajstić information content (AvgIpc) is 2.66. The highest BCUT2D eigenvalue weighted by atomic mass is 16.6. The summed E-state index contributed by atoms with van der Waals surface area (Å²) in [5.74, 6) is -0.151. The predicted octanol–water partition coefficient (Wildman–Crippen LogP) is 1.76. The summed E-state index contributed by atoms with van der Waals surface area (Å²) in [6.07, 6.45) is 5.99. The summed E-state index contributed by atoms with van der Waals surface area (Å²) in [5, 5.41) is 6.37. The van der Waals surface area contributed by atoms with E-state index in [9.17, 15) is 4.79 Å². The van der Waals surface area contributed by atoms with Crippen LogP contribution in [0.4, 0.5) is 0 Å². The van der Waals surface area contributed by atoms with E-state index in [1.807, 2.05) is 30.3 Å². The molecule has 0 radical (unpaired) electrons. The molecule has 1 N–H and O–H groups in total. The third-order valence-electron chi connectivity index (χ3n) is 2.24. The SMILES string of the molecule is O=C(NCc1ccccc1)C1=CC=NOC=C1. The summed E-state index contributed by atoms with van der Waals surface area (Å²) in [6, 6.07) is 9.74. The number of hydrogen-bond donors (Lipinski definition) is 1. The summed E-state index contributed by atoms with van der Waals surface area (Å²) in [5.41, 5.74) is 1.58. The Labute approximate surface area is 99.3 Å². The Morgan fingerprint density at radius 3 is 2.94 bits per heavy atom. The molecule has 17 heavy (non-hydrogen) atoms. The highest BCUT2D eigenvalue weighted by Crippen LogP contribution is 2.02. The zero-order valence-corrected chi connectivity index (χ0v) is 9.17. The van der Waals surface area contributed by atoms with Gasteiger partial charge in [-0.1, -0.05) is 35.5 Å². The van der Waals surface area contributed by atoms with Crippen LogP contribution in [0.2, 0.25) is 0 Å². The van der Waals surface area contributed by atoms with Gasteiger partial charge in [-0.3, -0.25) is 4.79 Å². The summed E-state index contributed by atoms with van der Waals surface area (Å²) >= 11 is 0. The van der Waals surface area contributed by atoms with Gasteiger partial charge in [0.05, 0.1) is 6.21 Å². The minimum Gasteiger partial charge on any atom is -0.365 e. The van der Waals surface area contributed by atoms with Crippen LogP contribution < -0.4 is 5.32 Å². The summed E-state index contributed by atoms with van der Waals surface area (Å²) in [4.78, 5) is 16.5. The molecule has 0 saturated carbocycles. The lowest BCUT2D eigenvalue weighted by Gasteiger charge is -2.04. The highest BCUT2D eigenvalue weighted by Gasteiger charge is 2.06. The Morgan fingerprint density at radius 2 is 2.12 bits per heavy atom. The van der Waals surface area contributed by atoms with Crippen LogP contribution in [0.15, 0.2) is 59.5 Å². The van der Waals surface area contributed by atoms with Crippen LogP contribution in [-0.4, -0.2) is 12.1 Å². The van der Waals surface area contributed by atoms with Gasteiger partial charge >= 0.3 is 0 Å². The molecule has 0 aliphatic carbocycles. The first-order valence-electron chi connectivity index (χ1n) is 5.24. The van der Waals surface area contributed by atoms with Gasteiger partial charge in [-0.05, 0) is 17.7 Å². The predicted molar refractivity (Wildman–Crippen MR) is 65.1 cm³/mol. The molecule has 0 bridgehead atoms. The zero-order valence-electron chi connectivity index (χ0n) is 9.17. The molecule has 0 atom stereocenters. The highest BCUT2D eigenvalue weighted by molar-refractivity contribution is 5.99. The zero-order chi connectivity index (χ0) is 11.9. The van der Waals surface area contributed by atoms with E-state index in [-0.39, 0.29) is 5.91 Å². The fraction of sp³-hybridized carbons (Fsp3) is 0.0769. The van der Waals surface area contributed by atoms with Crippen molar-refractivity contribution in [2.45, 2.75) is 6.54 Å². The summed E-state index contributed by atoms with van der Waals surface area (Å²) in [7, 11) is 0. The van der Waals surface area contributed by atoms with Gasteiger partial charge in [0, 0.05) is 12.1 Å². The minimum atomic E-state index is -0.151. The van der Waals surface area contributed by atoms with E-state index in [2.05, 4.69) is 10.5 Å². The second kappa shape index (κ2) is 5.65. The number of benzene rings is 1. The molecular formula is C13H12N2O2. The van der Waals surface area contributed by atoms with Crippen LogP contribution in [0.5, 0.6) is 0 Å². The fourth-order valence-corrected chi connectivity index (χ4v) is 1.37. The molecule has 0 saturated heterocycles. The molecule has 4 nitrogen and oxygen atoms in total. The first kappa shape index (κ1) is 11.1. The summed E-state index contributed by atoms with van der Waals surface area (Å²) < 4.78 is 0. The van der Waals surface area contributed by atoms with E-state index in [0.29, 0.717) is 12.1 Å². The molecule has 0 unspecified atom stereocenters. The Balaban J connectivity index is 1.94. The second-order valence-corrected chi connectivity index (χ2v) is 3.45. The fourth-order valence-electron chi connectivity index (χ4n) is 1.37. The first-order valence-corrected chi connectivity index (χ1v) is 5.24. The number of carbonyl (C=O) groups is 1. The maximum atomic E-state index is 11.8. The number of nitrogens with one attached hydrogen (secondary N) is 1. The van der Waals surface area contributed by atoms with Crippen molar-refractivity contribution in [2.24, 2.45) is 5.16 Å². The standard InChI is InChI=1S/C13H12N2O2/c16-13(12-6-8-15-17-9-7-12)14-10-11-4-2-1-3-5-11/h1-9H,10H2,(H,14,16). The number of nitrogens with zero attached hydrogens (tertiary/aromatic N) is 1. The third-order valence-corrected chi connectivity index (χ3v) is 2.24. The Bertz CT molecular complexity index is 475. The topological polar surface area (TPSA) is 50.7 Å². The first-order chi connectivity index (χ1) is 8.36. The van der Waals surface area contributed by atoms with Gasteiger partial charge < -0.3 is 10.2 Å². The van der Waals surface area contributed by atoms with Crippen molar-refractivity contribution < 1.29 is 9.63 Å². The second-order valence-electron chi connectivity index (χ2n) is 3.45. The molecule has 4 heteroatoms. The van der Waals surface area contributed by atoms with E-state index in [1.165, 1.54) is 12.5 Å². The van der Waals surface area contributed by atoms with Crippen molar-refractivity contribution >= 4 is 12.1 Å². The molecule has 1 aromatic rings. The molecule has 0 aromatic heterocycles. The largest absolute Gasteiger partial charge is 0.365 e. The van der Waals surface area contributed by atoms with Crippen molar-refractivity contribution in [1.29, 1.82) is 0 Å². The number of carbonyl (C=O) groups excluding carboxylic acids is 1. The van der Waals surface area contributed by atoms with Crippen LogP contribution in [0.25, 0.3) is 0 Å². The van der Waals surface area contributed by atoms with Gasteiger partial charge in [0.15, 0.2) is 0 Å². The van der Waals surface area contributed by atoms with Crippen LogP contribution in [0.1, 0.15) is 5.56 Å². The van der Waals surface area contributed by atoms with Crippen molar-refractivity contribution in [1.82, 2.24) is 5.32 Å². The van der Waals surface area contributed by atoms with Gasteiger partial charge in [-0.15, -0.1) is 0 Å². The quantitative estimate of drug-likeness (QED) is 0.857. The lowest BCUT2D eigenvalue weighted by molar-refractivity contribution is -0.117. The smallest absolute Gasteiger partial charge is 0.251 e. The maximum Gasteiger partial charge on any atom is 0.251 e. The van der Waals surface area contributed by atoms with Crippen molar-refractivity contribution in [3.8, 4) is 0 Å². The molecule has 2 rings (SSSR count). The van der Waals surface area contributed by atoms with Gasteiger partial charge in [0.25, 0.3) is 5.91 Å². The van der Waals surface area contributed by atoms with E-state index in [0.717, 1.165) is 5.56 Å². The molecule has 1 aromatic carbocycles. The van der Waals surface area contributed by atoms with Gasteiger partial charge in [0.2, 0.25) is 0 Å². The van der Waals surface area contributed by atoms with Crippen LogP contribution in [0, 0.1) is 0 Å². The normalized spacial score (nSPS) is 13.5. The molecule has 1 heterocycles. The number of hydrogen-bond acceptors (Lipinski definition) is 3. The molecule has 1 aliphatic rings. The van der Waals surface area contributed by atoms with Gasteiger partial charge in [0.1, 0.15) is 6.26 Å². The number of oxime groups is 1. The molecular weight excluding hydrogens is 216 g/mol. The van der Waals surface area contributed by atoms with Crippen LogP contribution >= 0.6 is 0 Å². The van der Waals surface area contributed by atoms with Crippen molar-refractivity contribution in [2.75, 3.05) is 0 Å².